The van der Waals surface area contributed by atoms with Crippen molar-refractivity contribution < 1.29 is 0 Å². The van der Waals surface area contributed by atoms with Gasteiger partial charge in [-0.2, -0.15) is 0 Å². The summed E-state index contributed by atoms with van der Waals surface area (Å²) in [6, 6.07) is 2.89. The lowest BCUT2D eigenvalue weighted by atomic mass is 10.1. The highest BCUT2D eigenvalue weighted by molar-refractivity contribution is 5.52. The average molecular weight is 283 g/mol. The van der Waals surface area contributed by atoms with Crippen LogP contribution in [0.25, 0.3) is 0 Å². The molecule has 2 fully saturated rings. The maximum absolute atomic E-state index is 5.59. The molecule has 3 heteroatoms. The third kappa shape index (κ3) is 3.77. The van der Waals surface area contributed by atoms with Crippen LogP contribution in [0, 0.1) is 32.1 Å². The third-order valence-electron chi connectivity index (χ3n) is 4.36. The van der Waals surface area contributed by atoms with Gasteiger partial charge in [0, 0.05) is 30.4 Å². The third-order valence-corrected chi connectivity index (χ3v) is 4.36. The maximum Gasteiger partial charge on any atom is 0.134 e. The number of rotatable bonds is 7. The zero-order valence-electron chi connectivity index (χ0n) is 13.2. The first-order valence-electron chi connectivity index (χ1n) is 8.06. The molecule has 3 nitrogen and oxygen atoms in total. The predicted molar refractivity (Wildman–Crippen MR) is 87.3 cm³/mol. The van der Waals surface area contributed by atoms with Crippen LogP contribution in [0.2, 0.25) is 0 Å². The van der Waals surface area contributed by atoms with Crippen molar-refractivity contribution in [2.45, 2.75) is 52.1 Å². The molecular weight excluding hydrogens is 258 g/mol. The lowest BCUT2D eigenvalue weighted by molar-refractivity contribution is 0.673. The molecule has 1 aromatic rings. The molecule has 0 atom stereocenters. The summed E-state index contributed by atoms with van der Waals surface area (Å²) in [5, 5.41) is 3.62. The van der Waals surface area contributed by atoms with E-state index in [1.165, 1.54) is 36.8 Å². The summed E-state index contributed by atoms with van der Waals surface area (Å²) in [5.74, 6) is 4.72. The van der Waals surface area contributed by atoms with Gasteiger partial charge in [-0.25, -0.2) is 4.98 Å². The zero-order valence-corrected chi connectivity index (χ0v) is 13.2. The van der Waals surface area contributed by atoms with E-state index < -0.39 is 0 Å². The van der Waals surface area contributed by atoms with Crippen LogP contribution in [0.3, 0.4) is 0 Å². The second-order valence-electron chi connectivity index (χ2n) is 6.57. The molecule has 1 N–H and O–H groups in total. The highest BCUT2D eigenvalue weighted by atomic mass is 15.2. The molecule has 0 aliphatic heterocycles. The van der Waals surface area contributed by atoms with Gasteiger partial charge in [-0.3, -0.25) is 0 Å². The minimum absolute atomic E-state index is 0.656. The molecule has 3 rings (SSSR count). The highest BCUT2D eigenvalue weighted by Gasteiger charge is 2.27. The van der Waals surface area contributed by atoms with E-state index in [2.05, 4.69) is 36.1 Å². The molecule has 1 heterocycles. The standard InChI is InChI=1S/C18H25N3/c1-4-9-21(12-15-5-6-15)18-17(11-19-16-7-8-16)13(2)10-14(3)20-18/h1,10,15-16,19H,5-9,11-12H2,2-3H3. The Labute approximate surface area is 128 Å². The van der Waals surface area contributed by atoms with E-state index >= 15 is 0 Å². The quantitative estimate of drug-likeness (QED) is 0.780. The SMILES string of the molecule is C#CCN(CC1CC1)c1nc(C)cc(C)c1CNC1CC1. The van der Waals surface area contributed by atoms with E-state index in [0.717, 1.165) is 30.5 Å². The van der Waals surface area contributed by atoms with Crippen LogP contribution in [-0.2, 0) is 6.54 Å². The number of nitrogens with one attached hydrogen (secondary N) is 1. The van der Waals surface area contributed by atoms with Gasteiger partial charge in [0.1, 0.15) is 5.82 Å². The second kappa shape index (κ2) is 6.07. The van der Waals surface area contributed by atoms with Crippen molar-refractivity contribution in [3.8, 4) is 12.3 Å². The first-order chi connectivity index (χ1) is 10.2. The van der Waals surface area contributed by atoms with Crippen molar-refractivity contribution in [2.75, 3.05) is 18.0 Å². The molecule has 0 aromatic carbocycles. The fraction of sp³-hybridized carbons (Fsp3) is 0.611. The Balaban J connectivity index is 1.86. The van der Waals surface area contributed by atoms with Crippen LogP contribution in [0.4, 0.5) is 5.82 Å². The smallest absolute Gasteiger partial charge is 0.134 e. The summed E-state index contributed by atoms with van der Waals surface area (Å²) in [6.45, 7) is 6.87. The number of terminal acetylenes is 1. The van der Waals surface area contributed by atoms with Gasteiger partial charge in [-0.15, -0.1) is 6.42 Å². The summed E-state index contributed by atoms with van der Waals surface area (Å²) in [5.41, 5.74) is 3.72. The average Bonchev–Trinajstić information content (AvgIpc) is 3.31. The minimum Gasteiger partial charge on any atom is -0.345 e. The summed E-state index contributed by atoms with van der Waals surface area (Å²) in [7, 11) is 0. The molecule has 0 bridgehead atoms. The van der Waals surface area contributed by atoms with Gasteiger partial charge in [-0.05, 0) is 57.1 Å². The van der Waals surface area contributed by atoms with E-state index in [0.29, 0.717) is 12.6 Å². The van der Waals surface area contributed by atoms with Gasteiger partial charge < -0.3 is 10.2 Å². The van der Waals surface area contributed by atoms with Crippen LogP contribution in [-0.4, -0.2) is 24.1 Å². The van der Waals surface area contributed by atoms with Gasteiger partial charge in [-0.1, -0.05) is 5.92 Å². The molecule has 0 spiro atoms. The van der Waals surface area contributed by atoms with Gasteiger partial charge in [0.15, 0.2) is 0 Å². The van der Waals surface area contributed by atoms with E-state index in [9.17, 15) is 0 Å². The van der Waals surface area contributed by atoms with Crippen molar-refractivity contribution in [3.63, 3.8) is 0 Å². The Morgan fingerprint density at radius 3 is 2.71 bits per heavy atom. The van der Waals surface area contributed by atoms with Crippen molar-refractivity contribution in [1.29, 1.82) is 0 Å². The largest absolute Gasteiger partial charge is 0.345 e. The lowest BCUT2D eigenvalue weighted by Gasteiger charge is -2.25. The van der Waals surface area contributed by atoms with Crippen molar-refractivity contribution in [2.24, 2.45) is 5.92 Å². The molecule has 0 amide bonds. The van der Waals surface area contributed by atoms with Gasteiger partial charge in [0.2, 0.25) is 0 Å². The van der Waals surface area contributed by atoms with E-state index in [1.807, 2.05) is 0 Å². The Morgan fingerprint density at radius 2 is 2.10 bits per heavy atom. The monoisotopic (exact) mass is 283 g/mol. The van der Waals surface area contributed by atoms with Crippen LogP contribution in [0.15, 0.2) is 6.07 Å². The van der Waals surface area contributed by atoms with Crippen molar-refractivity contribution in [1.82, 2.24) is 10.3 Å². The topological polar surface area (TPSA) is 28.2 Å². The lowest BCUT2D eigenvalue weighted by Crippen LogP contribution is -2.30. The van der Waals surface area contributed by atoms with Crippen LogP contribution in [0.1, 0.15) is 42.5 Å². The van der Waals surface area contributed by atoms with Gasteiger partial charge in [0.25, 0.3) is 0 Å². The van der Waals surface area contributed by atoms with Crippen LogP contribution >= 0.6 is 0 Å². The first-order valence-corrected chi connectivity index (χ1v) is 8.06. The number of anilines is 1. The highest BCUT2D eigenvalue weighted by Crippen LogP contribution is 2.32. The molecule has 2 aliphatic carbocycles. The molecule has 2 saturated carbocycles. The molecule has 0 unspecified atom stereocenters. The van der Waals surface area contributed by atoms with E-state index in [-0.39, 0.29) is 0 Å². The zero-order chi connectivity index (χ0) is 14.8. The number of aromatic nitrogens is 1. The minimum atomic E-state index is 0.656. The maximum atomic E-state index is 5.59. The number of hydrogen-bond acceptors (Lipinski definition) is 3. The molecule has 21 heavy (non-hydrogen) atoms. The molecule has 2 aliphatic rings. The van der Waals surface area contributed by atoms with E-state index in [1.54, 1.807) is 0 Å². The van der Waals surface area contributed by atoms with Gasteiger partial charge >= 0.3 is 0 Å². The molecular formula is C18H25N3. The molecule has 0 radical (unpaired) electrons. The Hall–Kier alpha value is -1.53. The van der Waals surface area contributed by atoms with Crippen molar-refractivity contribution >= 4 is 5.82 Å². The molecule has 112 valence electrons. The summed E-state index contributed by atoms with van der Waals surface area (Å²) in [6.07, 6.45) is 10.9. The number of hydrogen-bond donors (Lipinski definition) is 1. The fourth-order valence-electron chi connectivity index (χ4n) is 2.81. The predicted octanol–water partition coefficient (Wildman–Crippen LogP) is 2.80. The Morgan fingerprint density at radius 1 is 1.33 bits per heavy atom. The normalized spacial score (nSPS) is 17.6. The second-order valence-corrected chi connectivity index (χ2v) is 6.57. The van der Waals surface area contributed by atoms with Crippen LogP contribution in [0.5, 0.6) is 0 Å². The van der Waals surface area contributed by atoms with Gasteiger partial charge in [0.05, 0.1) is 6.54 Å². The Bertz CT molecular complexity index is 550. The fourth-order valence-corrected chi connectivity index (χ4v) is 2.81. The summed E-state index contributed by atoms with van der Waals surface area (Å²) in [4.78, 5) is 7.13. The molecule has 0 saturated heterocycles. The number of aryl methyl sites for hydroxylation is 2. The summed E-state index contributed by atoms with van der Waals surface area (Å²) >= 11 is 0. The number of pyridine rings is 1. The van der Waals surface area contributed by atoms with E-state index in [4.69, 9.17) is 11.4 Å². The Kier molecular flexibility index (Phi) is 4.17. The van der Waals surface area contributed by atoms with Crippen LogP contribution < -0.4 is 10.2 Å². The number of nitrogens with zero attached hydrogens (tertiary/aromatic N) is 2. The molecule has 1 aromatic heterocycles. The summed E-state index contributed by atoms with van der Waals surface area (Å²) < 4.78 is 0. The first kappa shape index (κ1) is 14.4. The van der Waals surface area contributed by atoms with Crippen molar-refractivity contribution in [3.05, 3.63) is 22.9 Å².